The molecule has 0 spiro atoms. The first-order valence-electron chi connectivity index (χ1n) is 9.51. The van der Waals surface area contributed by atoms with Crippen molar-refractivity contribution in [1.82, 2.24) is 14.8 Å². The van der Waals surface area contributed by atoms with Crippen molar-refractivity contribution in [2.75, 3.05) is 7.11 Å². The molecule has 2 aromatic carbocycles. The quantitative estimate of drug-likeness (QED) is 0.403. The number of imide groups is 1. The van der Waals surface area contributed by atoms with Gasteiger partial charge in [-0.3, -0.25) is 14.5 Å². The fourth-order valence-corrected chi connectivity index (χ4v) is 3.59. The summed E-state index contributed by atoms with van der Waals surface area (Å²) in [5.74, 6) is -0.754. The number of hydrogen-bond acceptors (Lipinski definition) is 4. The Balaban J connectivity index is 1.65. The second-order valence-electron chi connectivity index (χ2n) is 7.17. The minimum Gasteiger partial charge on any atom is -0.468 e. The van der Waals surface area contributed by atoms with Crippen molar-refractivity contribution in [1.29, 1.82) is 0 Å². The normalized spacial score (nSPS) is 15.1. The molecule has 1 aliphatic heterocycles. The molecule has 3 aromatic rings. The van der Waals surface area contributed by atoms with Crippen LogP contribution in [0, 0.1) is 6.92 Å². The number of nitrogens with one attached hydrogen (secondary N) is 1. The van der Waals surface area contributed by atoms with Crippen molar-refractivity contribution >= 4 is 34.9 Å². The Labute approximate surface area is 173 Å². The van der Waals surface area contributed by atoms with E-state index in [1.807, 2.05) is 55.5 Å². The zero-order valence-corrected chi connectivity index (χ0v) is 16.7. The van der Waals surface area contributed by atoms with Crippen LogP contribution < -0.4 is 5.32 Å². The van der Waals surface area contributed by atoms with E-state index in [-0.39, 0.29) is 30.7 Å². The molecule has 0 unspecified atom stereocenters. The summed E-state index contributed by atoms with van der Waals surface area (Å²) in [6.07, 6.45) is 3.42. The largest absolute Gasteiger partial charge is 0.468 e. The number of methoxy groups -OCH3 is 1. The smallest absolute Gasteiger partial charge is 0.329 e. The number of hydrogen-bond donors (Lipinski definition) is 1. The van der Waals surface area contributed by atoms with Crippen molar-refractivity contribution in [2.24, 2.45) is 0 Å². The van der Waals surface area contributed by atoms with Gasteiger partial charge >= 0.3 is 12.0 Å². The first-order valence-corrected chi connectivity index (χ1v) is 9.51. The minimum atomic E-state index is -0.453. The predicted octanol–water partition coefficient (Wildman–Crippen LogP) is 3.22. The molecule has 0 saturated carbocycles. The molecular formula is C23H21N3O4. The SMILES string of the molecule is COC(=O)Cn1cc(/C=C2/NC(=O)N(Cc3cccc(C)c3)C2=O)c2ccccc21. The number of ether oxygens (including phenoxy) is 1. The van der Waals surface area contributed by atoms with Crippen molar-refractivity contribution in [2.45, 2.75) is 20.0 Å². The van der Waals surface area contributed by atoms with Crippen LogP contribution >= 0.6 is 0 Å². The number of rotatable bonds is 5. The van der Waals surface area contributed by atoms with E-state index >= 15 is 0 Å². The predicted molar refractivity (Wildman–Crippen MR) is 112 cm³/mol. The lowest BCUT2D eigenvalue weighted by Crippen LogP contribution is -2.30. The van der Waals surface area contributed by atoms with Crippen molar-refractivity contribution < 1.29 is 19.1 Å². The maximum Gasteiger partial charge on any atom is 0.329 e. The number of amides is 3. The highest BCUT2D eigenvalue weighted by molar-refractivity contribution is 6.14. The molecule has 0 aliphatic carbocycles. The van der Waals surface area contributed by atoms with E-state index in [4.69, 9.17) is 4.74 Å². The van der Waals surface area contributed by atoms with Gasteiger partial charge in [0.15, 0.2) is 0 Å². The summed E-state index contributed by atoms with van der Waals surface area (Å²) < 4.78 is 6.53. The van der Waals surface area contributed by atoms with Crippen LogP contribution in [0.25, 0.3) is 17.0 Å². The molecule has 2 heterocycles. The zero-order valence-electron chi connectivity index (χ0n) is 16.7. The van der Waals surface area contributed by atoms with Gasteiger partial charge in [0.25, 0.3) is 5.91 Å². The minimum absolute atomic E-state index is 0.0555. The Morgan fingerprint density at radius 1 is 1.13 bits per heavy atom. The van der Waals surface area contributed by atoms with Crippen molar-refractivity contribution in [3.8, 4) is 0 Å². The summed E-state index contributed by atoms with van der Waals surface area (Å²) >= 11 is 0. The van der Waals surface area contributed by atoms with E-state index in [0.29, 0.717) is 0 Å². The molecule has 152 valence electrons. The van der Waals surface area contributed by atoms with Gasteiger partial charge in [0.2, 0.25) is 0 Å². The Kier molecular flexibility index (Phi) is 5.10. The number of fused-ring (bicyclic) bond motifs is 1. The van der Waals surface area contributed by atoms with E-state index in [0.717, 1.165) is 27.6 Å². The fourth-order valence-electron chi connectivity index (χ4n) is 3.59. The van der Waals surface area contributed by atoms with Gasteiger partial charge in [-0.25, -0.2) is 4.79 Å². The number of aryl methyl sites for hydroxylation is 1. The van der Waals surface area contributed by atoms with Gasteiger partial charge in [0.05, 0.1) is 13.7 Å². The lowest BCUT2D eigenvalue weighted by molar-refractivity contribution is -0.141. The average molecular weight is 403 g/mol. The van der Waals surface area contributed by atoms with E-state index < -0.39 is 6.03 Å². The lowest BCUT2D eigenvalue weighted by Gasteiger charge is -2.12. The van der Waals surface area contributed by atoms with Crippen LogP contribution in [-0.4, -0.2) is 34.5 Å². The number of carbonyl (C=O) groups excluding carboxylic acids is 3. The van der Waals surface area contributed by atoms with Crippen molar-refractivity contribution in [3.63, 3.8) is 0 Å². The van der Waals surface area contributed by atoms with Crippen LogP contribution in [0.15, 0.2) is 60.4 Å². The molecule has 1 fully saturated rings. The van der Waals surface area contributed by atoms with Crippen LogP contribution in [0.2, 0.25) is 0 Å². The van der Waals surface area contributed by atoms with Gasteiger partial charge in [-0.05, 0) is 24.6 Å². The molecule has 0 atom stereocenters. The highest BCUT2D eigenvalue weighted by Gasteiger charge is 2.33. The zero-order chi connectivity index (χ0) is 21.3. The van der Waals surface area contributed by atoms with Gasteiger partial charge in [-0.2, -0.15) is 0 Å². The second-order valence-corrected chi connectivity index (χ2v) is 7.17. The number of carbonyl (C=O) groups is 3. The topological polar surface area (TPSA) is 80.6 Å². The first kappa shape index (κ1) is 19.4. The molecule has 0 radical (unpaired) electrons. The molecule has 30 heavy (non-hydrogen) atoms. The molecule has 7 nitrogen and oxygen atoms in total. The number of esters is 1. The maximum absolute atomic E-state index is 12.9. The lowest BCUT2D eigenvalue weighted by atomic mass is 10.1. The Morgan fingerprint density at radius 2 is 1.93 bits per heavy atom. The monoisotopic (exact) mass is 403 g/mol. The molecule has 3 amide bonds. The Bertz CT molecular complexity index is 1190. The Hall–Kier alpha value is -3.87. The summed E-state index contributed by atoms with van der Waals surface area (Å²) in [6, 6.07) is 14.8. The number of urea groups is 1. The number of para-hydroxylation sites is 1. The molecule has 1 aliphatic rings. The summed E-state index contributed by atoms with van der Waals surface area (Å²) in [4.78, 5) is 38.2. The third-order valence-electron chi connectivity index (χ3n) is 5.03. The van der Waals surface area contributed by atoms with Gasteiger partial charge in [0.1, 0.15) is 12.2 Å². The molecule has 1 aromatic heterocycles. The van der Waals surface area contributed by atoms with E-state index in [1.165, 1.54) is 12.0 Å². The molecule has 7 heteroatoms. The highest BCUT2D eigenvalue weighted by Crippen LogP contribution is 2.25. The van der Waals surface area contributed by atoms with E-state index in [2.05, 4.69) is 5.32 Å². The third kappa shape index (κ3) is 3.69. The number of aromatic nitrogens is 1. The van der Waals surface area contributed by atoms with Crippen LogP contribution in [0.4, 0.5) is 4.79 Å². The molecule has 4 rings (SSSR count). The molecular weight excluding hydrogens is 382 g/mol. The maximum atomic E-state index is 12.9. The standard InChI is InChI=1S/C23H21N3O4/c1-15-6-5-7-16(10-15)12-26-22(28)19(24-23(26)29)11-17-13-25(14-21(27)30-2)20-9-4-3-8-18(17)20/h3-11,13H,12,14H2,1-2H3,(H,24,29)/b19-11+. The van der Waals surface area contributed by atoms with Crippen molar-refractivity contribution in [3.05, 3.63) is 77.1 Å². The number of nitrogens with zero attached hydrogens (tertiary/aromatic N) is 2. The van der Waals surface area contributed by atoms with Gasteiger partial charge in [0, 0.05) is 22.7 Å². The number of benzene rings is 2. The van der Waals surface area contributed by atoms with Crippen LogP contribution in [0.3, 0.4) is 0 Å². The second kappa shape index (κ2) is 7.87. The van der Waals surface area contributed by atoms with E-state index in [9.17, 15) is 14.4 Å². The van der Waals surface area contributed by atoms with Gasteiger partial charge in [-0.1, -0.05) is 48.0 Å². The first-order chi connectivity index (χ1) is 14.5. The Morgan fingerprint density at radius 3 is 2.70 bits per heavy atom. The summed E-state index contributed by atoms with van der Waals surface area (Å²) in [5.41, 5.74) is 3.72. The molecule has 1 N–H and O–H groups in total. The highest BCUT2D eigenvalue weighted by atomic mass is 16.5. The fraction of sp³-hybridized carbons (Fsp3) is 0.174. The molecule has 0 bridgehead atoms. The summed E-state index contributed by atoms with van der Waals surface area (Å²) in [7, 11) is 1.34. The van der Waals surface area contributed by atoms with Gasteiger partial charge < -0.3 is 14.6 Å². The van der Waals surface area contributed by atoms with E-state index in [1.54, 1.807) is 16.8 Å². The van der Waals surface area contributed by atoms with Crippen LogP contribution in [-0.2, 0) is 27.4 Å². The summed E-state index contributed by atoms with van der Waals surface area (Å²) in [6.45, 7) is 2.22. The van der Waals surface area contributed by atoms with Gasteiger partial charge in [-0.15, -0.1) is 0 Å². The van der Waals surface area contributed by atoms with Crippen LogP contribution in [0.5, 0.6) is 0 Å². The molecule has 1 saturated heterocycles. The third-order valence-corrected chi connectivity index (χ3v) is 5.03. The average Bonchev–Trinajstić information content (AvgIpc) is 3.20. The van der Waals surface area contributed by atoms with Crippen LogP contribution in [0.1, 0.15) is 16.7 Å². The summed E-state index contributed by atoms with van der Waals surface area (Å²) in [5, 5.41) is 3.53.